The van der Waals surface area contributed by atoms with Crippen LogP contribution in [0.1, 0.15) is 19.4 Å². The number of hydrogen-bond acceptors (Lipinski definition) is 3. The molecule has 1 aromatic rings. The number of benzene rings is 1. The number of hydrogen-bond donors (Lipinski definition) is 2. The first-order chi connectivity index (χ1) is 9.90. The quantitative estimate of drug-likeness (QED) is 0.756. The van der Waals surface area contributed by atoms with E-state index in [-0.39, 0.29) is 18.1 Å². The highest BCUT2D eigenvalue weighted by atomic mass is 32.2. The minimum Gasteiger partial charge on any atom is -0.480 e. The van der Waals surface area contributed by atoms with Gasteiger partial charge in [0.1, 0.15) is 11.0 Å². The highest BCUT2D eigenvalue weighted by Crippen LogP contribution is 2.09. The van der Waals surface area contributed by atoms with Crippen molar-refractivity contribution >= 4 is 22.7 Å². The van der Waals surface area contributed by atoms with Gasteiger partial charge in [-0.2, -0.15) is 0 Å². The fraction of sp³-hybridized carbons (Fsp3) is 0.467. The molecule has 21 heavy (non-hydrogen) atoms. The fourth-order valence-corrected chi connectivity index (χ4v) is 2.88. The van der Waals surface area contributed by atoms with Crippen molar-refractivity contribution in [3.8, 4) is 0 Å². The van der Waals surface area contributed by atoms with Crippen LogP contribution in [0.25, 0.3) is 0 Å². The Bertz CT molecular complexity index is 502. The van der Waals surface area contributed by atoms with E-state index >= 15 is 0 Å². The van der Waals surface area contributed by atoms with Crippen molar-refractivity contribution in [2.45, 2.75) is 25.5 Å². The maximum atomic E-state index is 12.1. The van der Waals surface area contributed by atoms with E-state index in [1.807, 2.05) is 19.9 Å². The Labute approximate surface area is 127 Å². The lowest BCUT2D eigenvalue weighted by molar-refractivity contribution is -0.136. The summed E-state index contributed by atoms with van der Waals surface area (Å²) in [5.74, 6) is -1.51. The van der Waals surface area contributed by atoms with Crippen molar-refractivity contribution in [1.29, 1.82) is 0 Å². The molecule has 2 unspecified atom stereocenters. The number of rotatable bonds is 8. The van der Waals surface area contributed by atoms with Crippen molar-refractivity contribution in [3.05, 3.63) is 35.9 Å². The molecule has 1 aromatic carbocycles. The molecule has 0 aliphatic rings. The normalized spacial score (nSPS) is 13.7. The summed E-state index contributed by atoms with van der Waals surface area (Å²) in [7, 11) is -1.74. The van der Waals surface area contributed by atoms with Crippen LogP contribution in [0, 0.1) is 5.92 Å². The molecule has 0 radical (unpaired) electrons. The first-order valence-electron chi connectivity index (χ1n) is 6.80. The molecule has 0 spiro atoms. The Morgan fingerprint density at radius 2 is 1.86 bits per heavy atom. The number of carboxylic acid groups (broad SMARTS) is 1. The van der Waals surface area contributed by atoms with Crippen LogP contribution in [-0.2, 0) is 26.8 Å². The van der Waals surface area contributed by atoms with Crippen molar-refractivity contribution in [2.24, 2.45) is 5.92 Å². The molecular formula is C15H21NO4S. The van der Waals surface area contributed by atoms with Gasteiger partial charge in [-0.3, -0.25) is 13.8 Å². The molecule has 2 N–H and O–H groups in total. The van der Waals surface area contributed by atoms with Gasteiger partial charge in [-0.15, -0.1) is 0 Å². The molecule has 0 bridgehead atoms. The fourth-order valence-electron chi connectivity index (χ4n) is 1.72. The predicted molar refractivity (Wildman–Crippen MR) is 82.4 cm³/mol. The second-order valence-corrected chi connectivity index (χ2v) is 6.86. The molecule has 0 saturated heterocycles. The molecule has 0 fully saturated rings. The minimum atomic E-state index is -1.74. The summed E-state index contributed by atoms with van der Waals surface area (Å²) in [6.45, 7) is 4.39. The van der Waals surface area contributed by atoms with E-state index in [2.05, 4.69) is 5.32 Å². The number of carboxylic acids is 1. The standard InChI is InChI=1S/C15H21NO4S/c1-11(2)9-16-14(17)10-21(20)13(15(18)19)8-12-6-4-3-5-7-12/h3-7,11,13H,8-10H2,1-2H3,(H,16,17)(H,18,19). The highest BCUT2D eigenvalue weighted by molar-refractivity contribution is 7.87. The average Bonchev–Trinajstić information content (AvgIpc) is 2.43. The second kappa shape index (κ2) is 8.56. The lowest BCUT2D eigenvalue weighted by Gasteiger charge is -2.13. The number of carbonyl (C=O) groups is 2. The molecule has 1 amide bonds. The van der Waals surface area contributed by atoms with E-state index in [0.717, 1.165) is 5.56 Å². The topological polar surface area (TPSA) is 83.5 Å². The van der Waals surface area contributed by atoms with Crippen molar-refractivity contribution in [1.82, 2.24) is 5.32 Å². The first-order valence-corrected chi connectivity index (χ1v) is 8.19. The summed E-state index contributed by atoms with van der Waals surface area (Å²) in [4.78, 5) is 22.9. The SMILES string of the molecule is CC(C)CNC(=O)CS(=O)C(Cc1ccccc1)C(=O)O. The summed E-state index contributed by atoms with van der Waals surface area (Å²) in [5.41, 5.74) is 0.792. The van der Waals surface area contributed by atoms with E-state index in [9.17, 15) is 18.9 Å². The zero-order valence-corrected chi connectivity index (χ0v) is 13.1. The van der Waals surface area contributed by atoms with Gasteiger partial charge in [0.2, 0.25) is 5.91 Å². The molecule has 0 aliphatic carbocycles. The van der Waals surface area contributed by atoms with Crippen LogP contribution in [0.5, 0.6) is 0 Å². The summed E-state index contributed by atoms with van der Waals surface area (Å²) in [6, 6.07) is 8.99. The Kier molecular flexibility index (Phi) is 7.08. The number of carbonyl (C=O) groups excluding carboxylic acids is 1. The van der Waals surface area contributed by atoms with Gasteiger partial charge in [-0.1, -0.05) is 44.2 Å². The van der Waals surface area contributed by atoms with Gasteiger partial charge in [0.15, 0.2) is 0 Å². The van der Waals surface area contributed by atoms with E-state index < -0.39 is 22.0 Å². The smallest absolute Gasteiger partial charge is 0.319 e. The Balaban J connectivity index is 2.62. The summed E-state index contributed by atoms with van der Waals surface area (Å²) < 4.78 is 12.1. The lowest BCUT2D eigenvalue weighted by Crippen LogP contribution is -2.37. The molecular weight excluding hydrogens is 290 g/mol. The maximum Gasteiger partial charge on any atom is 0.319 e. The monoisotopic (exact) mass is 311 g/mol. The molecule has 1 rings (SSSR count). The number of aliphatic carboxylic acids is 1. The van der Waals surface area contributed by atoms with Crippen LogP contribution in [-0.4, -0.2) is 38.7 Å². The summed E-state index contributed by atoms with van der Waals surface area (Å²) in [5, 5.41) is 10.8. The molecule has 2 atom stereocenters. The Hall–Kier alpha value is -1.69. The van der Waals surface area contributed by atoms with Gasteiger partial charge in [-0.05, 0) is 17.9 Å². The molecule has 0 aliphatic heterocycles. The minimum absolute atomic E-state index is 0.153. The van der Waals surface area contributed by atoms with Gasteiger partial charge in [0.25, 0.3) is 0 Å². The first kappa shape index (κ1) is 17.4. The van der Waals surface area contributed by atoms with E-state index in [1.54, 1.807) is 24.3 Å². The van der Waals surface area contributed by atoms with Crippen molar-refractivity contribution in [2.75, 3.05) is 12.3 Å². The van der Waals surface area contributed by atoms with Crippen LogP contribution in [0.2, 0.25) is 0 Å². The molecule has 116 valence electrons. The third kappa shape index (κ3) is 6.53. The summed E-state index contributed by atoms with van der Waals surface area (Å²) in [6.07, 6.45) is 0.153. The van der Waals surface area contributed by atoms with Crippen LogP contribution in [0.15, 0.2) is 30.3 Å². The van der Waals surface area contributed by atoms with Gasteiger partial charge >= 0.3 is 5.97 Å². The lowest BCUT2D eigenvalue weighted by atomic mass is 10.1. The van der Waals surface area contributed by atoms with Gasteiger partial charge in [0.05, 0.1) is 0 Å². The average molecular weight is 311 g/mol. The van der Waals surface area contributed by atoms with Crippen LogP contribution >= 0.6 is 0 Å². The highest BCUT2D eigenvalue weighted by Gasteiger charge is 2.26. The Morgan fingerprint density at radius 1 is 1.24 bits per heavy atom. The van der Waals surface area contributed by atoms with E-state index in [0.29, 0.717) is 12.5 Å². The number of amides is 1. The van der Waals surface area contributed by atoms with Gasteiger partial charge in [-0.25, -0.2) is 0 Å². The molecule has 0 heterocycles. The zero-order chi connectivity index (χ0) is 15.8. The maximum absolute atomic E-state index is 12.1. The van der Waals surface area contributed by atoms with E-state index in [1.165, 1.54) is 0 Å². The number of nitrogens with one attached hydrogen (secondary N) is 1. The molecule has 0 saturated carbocycles. The largest absolute Gasteiger partial charge is 0.480 e. The van der Waals surface area contributed by atoms with Crippen molar-refractivity contribution < 1.29 is 18.9 Å². The summed E-state index contributed by atoms with van der Waals surface area (Å²) >= 11 is 0. The molecule has 5 nitrogen and oxygen atoms in total. The third-order valence-corrected chi connectivity index (χ3v) is 4.39. The third-order valence-electron chi connectivity index (χ3n) is 2.84. The van der Waals surface area contributed by atoms with Gasteiger partial charge in [0, 0.05) is 17.3 Å². The molecule has 6 heteroatoms. The molecule has 0 aromatic heterocycles. The Morgan fingerprint density at radius 3 is 2.38 bits per heavy atom. The predicted octanol–water partition coefficient (Wildman–Crippen LogP) is 1.20. The zero-order valence-electron chi connectivity index (χ0n) is 12.2. The van der Waals surface area contributed by atoms with E-state index in [4.69, 9.17) is 0 Å². The van der Waals surface area contributed by atoms with Gasteiger partial charge < -0.3 is 10.4 Å². The van der Waals surface area contributed by atoms with Crippen LogP contribution < -0.4 is 5.32 Å². The second-order valence-electron chi connectivity index (χ2n) is 5.24. The van der Waals surface area contributed by atoms with Crippen molar-refractivity contribution in [3.63, 3.8) is 0 Å². The van der Waals surface area contributed by atoms with Crippen LogP contribution in [0.3, 0.4) is 0 Å². The van der Waals surface area contributed by atoms with Crippen LogP contribution in [0.4, 0.5) is 0 Å².